The van der Waals surface area contributed by atoms with Crippen LogP contribution in [0.15, 0.2) is 4.99 Å². The van der Waals surface area contributed by atoms with E-state index in [9.17, 15) is 0 Å². The van der Waals surface area contributed by atoms with Crippen LogP contribution >= 0.6 is 0 Å². The third-order valence-corrected chi connectivity index (χ3v) is 4.66. The third-order valence-electron chi connectivity index (χ3n) is 4.66. The van der Waals surface area contributed by atoms with Gasteiger partial charge in [-0.05, 0) is 32.1 Å². The van der Waals surface area contributed by atoms with Gasteiger partial charge in [0.1, 0.15) is 0 Å². The van der Waals surface area contributed by atoms with Crippen molar-refractivity contribution < 1.29 is 0 Å². The predicted molar refractivity (Wildman–Crippen MR) is 87.2 cm³/mol. The fourth-order valence-corrected chi connectivity index (χ4v) is 3.35. The van der Waals surface area contributed by atoms with E-state index in [1.165, 1.54) is 77.0 Å². The van der Waals surface area contributed by atoms with E-state index < -0.39 is 0 Å². The van der Waals surface area contributed by atoms with E-state index in [2.05, 4.69) is 17.6 Å². The Morgan fingerprint density at radius 1 is 0.950 bits per heavy atom. The SMILES string of the molecule is CCCCN/C(=N\C1CCCCC1)NC1CCCCC1. The van der Waals surface area contributed by atoms with Crippen LogP contribution in [0.25, 0.3) is 0 Å². The molecule has 0 saturated heterocycles. The zero-order valence-corrected chi connectivity index (χ0v) is 13.3. The lowest BCUT2D eigenvalue weighted by molar-refractivity contribution is 0.404. The van der Waals surface area contributed by atoms with Crippen LogP contribution in [0, 0.1) is 0 Å². The number of guanidine groups is 1. The van der Waals surface area contributed by atoms with Crippen LogP contribution in [-0.4, -0.2) is 24.6 Å². The molecule has 116 valence electrons. The molecular formula is C17H33N3. The first-order valence-electron chi connectivity index (χ1n) is 8.96. The quantitative estimate of drug-likeness (QED) is 0.453. The molecule has 0 heterocycles. The van der Waals surface area contributed by atoms with Crippen LogP contribution < -0.4 is 10.6 Å². The highest BCUT2D eigenvalue weighted by Crippen LogP contribution is 2.21. The lowest BCUT2D eigenvalue weighted by Gasteiger charge is -2.26. The van der Waals surface area contributed by atoms with Crippen molar-refractivity contribution in [2.45, 2.75) is 96.1 Å². The van der Waals surface area contributed by atoms with Gasteiger partial charge in [0.05, 0.1) is 6.04 Å². The Kier molecular flexibility index (Phi) is 7.24. The second kappa shape index (κ2) is 9.25. The molecule has 0 amide bonds. The lowest BCUT2D eigenvalue weighted by Crippen LogP contribution is -2.45. The number of nitrogens with one attached hydrogen (secondary N) is 2. The molecular weight excluding hydrogens is 246 g/mol. The van der Waals surface area contributed by atoms with E-state index in [1.54, 1.807) is 0 Å². The van der Waals surface area contributed by atoms with Gasteiger partial charge in [-0.15, -0.1) is 0 Å². The van der Waals surface area contributed by atoms with E-state index in [1.807, 2.05) is 0 Å². The summed E-state index contributed by atoms with van der Waals surface area (Å²) in [7, 11) is 0. The van der Waals surface area contributed by atoms with Crippen LogP contribution in [0.3, 0.4) is 0 Å². The average Bonchev–Trinajstić information content (AvgIpc) is 2.49. The molecule has 0 aromatic heterocycles. The topological polar surface area (TPSA) is 36.4 Å². The number of aliphatic imine (C=N–C) groups is 1. The Hall–Kier alpha value is -0.730. The Morgan fingerprint density at radius 3 is 2.25 bits per heavy atom. The molecule has 0 spiro atoms. The summed E-state index contributed by atoms with van der Waals surface area (Å²) >= 11 is 0. The molecule has 0 aromatic rings. The molecule has 0 aliphatic heterocycles. The summed E-state index contributed by atoms with van der Waals surface area (Å²) in [5.41, 5.74) is 0. The van der Waals surface area contributed by atoms with Crippen LogP contribution in [0.4, 0.5) is 0 Å². The van der Waals surface area contributed by atoms with E-state index in [4.69, 9.17) is 4.99 Å². The first-order valence-corrected chi connectivity index (χ1v) is 8.96. The fraction of sp³-hybridized carbons (Fsp3) is 0.941. The summed E-state index contributed by atoms with van der Waals surface area (Å²) in [6, 6.07) is 1.21. The molecule has 2 rings (SSSR count). The second-order valence-corrected chi connectivity index (χ2v) is 6.53. The van der Waals surface area contributed by atoms with E-state index in [0.29, 0.717) is 12.1 Å². The van der Waals surface area contributed by atoms with E-state index in [-0.39, 0.29) is 0 Å². The highest BCUT2D eigenvalue weighted by Gasteiger charge is 2.17. The zero-order valence-electron chi connectivity index (χ0n) is 13.3. The Labute approximate surface area is 125 Å². The van der Waals surface area contributed by atoms with E-state index in [0.717, 1.165) is 12.5 Å². The van der Waals surface area contributed by atoms with Gasteiger partial charge in [0, 0.05) is 12.6 Å². The molecule has 2 aliphatic rings. The minimum Gasteiger partial charge on any atom is -0.356 e. The number of rotatable bonds is 5. The first-order chi connectivity index (χ1) is 9.88. The fourth-order valence-electron chi connectivity index (χ4n) is 3.35. The van der Waals surface area contributed by atoms with Gasteiger partial charge in [0.25, 0.3) is 0 Å². The maximum absolute atomic E-state index is 5.00. The minimum atomic E-state index is 0.559. The summed E-state index contributed by atoms with van der Waals surface area (Å²) in [5, 5.41) is 7.26. The highest BCUT2D eigenvalue weighted by molar-refractivity contribution is 5.80. The maximum Gasteiger partial charge on any atom is 0.191 e. The summed E-state index contributed by atoms with van der Waals surface area (Å²) in [4.78, 5) is 5.00. The molecule has 2 saturated carbocycles. The van der Waals surface area contributed by atoms with E-state index >= 15 is 0 Å². The van der Waals surface area contributed by atoms with Crippen LogP contribution in [0.5, 0.6) is 0 Å². The van der Waals surface area contributed by atoms with Crippen LogP contribution in [0.1, 0.15) is 84.0 Å². The molecule has 0 unspecified atom stereocenters. The number of hydrogen-bond donors (Lipinski definition) is 2. The van der Waals surface area contributed by atoms with Gasteiger partial charge in [-0.25, -0.2) is 4.99 Å². The summed E-state index contributed by atoms with van der Waals surface area (Å²) in [6.45, 7) is 3.30. The number of unbranched alkanes of at least 4 members (excludes halogenated alkanes) is 1. The average molecular weight is 279 g/mol. The molecule has 2 fully saturated rings. The summed E-state index contributed by atoms with van der Waals surface area (Å²) < 4.78 is 0. The summed E-state index contributed by atoms with van der Waals surface area (Å²) in [5.74, 6) is 1.09. The van der Waals surface area contributed by atoms with Gasteiger partial charge < -0.3 is 10.6 Å². The van der Waals surface area contributed by atoms with Crippen molar-refractivity contribution in [1.82, 2.24) is 10.6 Å². The molecule has 0 aromatic carbocycles. The highest BCUT2D eigenvalue weighted by atomic mass is 15.2. The molecule has 0 bridgehead atoms. The first kappa shape index (κ1) is 15.7. The van der Waals surface area contributed by atoms with Crippen molar-refractivity contribution in [2.75, 3.05) is 6.54 Å². The van der Waals surface area contributed by atoms with Crippen molar-refractivity contribution in [3.63, 3.8) is 0 Å². The van der Waals surface area contributed by atoms with Crippen LogP contribution in [0.2, 0.25) is 0 Å². The van der Waals surface area contributed by atoms with Gasteiger partial charge in [0.15, 0.2) is 5.96 Å². The Balaban J connectivity index is 1.85. The predicted octanol–water partition coefficient (Wildman–Crippen LogP) is 3.99. The van der Waals surface area contributed by atoms with Crippen LogP contribution in [-0.2, 0) is 0 Å². The maximum atomic E-state index is 5.00. The Morgan fingerprint density at radius 2 is 1.60 bits per heavy atom. The monoisotopic (exact) mass is 279 g/mol. The van der Waals surface area contributed by atoms with Gasteiger partial charge in [-0.1, -0.05) is 51.9 Å². The van der Waals surface area contributed by atoms with Crippen molar-refractivity contribution in [3.8, 4) is 0 Å². The molecule has 3 nitrogen and oxygen atoms in total. The molecule has 2 aliphatic carbocycles. The number of nitrogens with zero attached hydrogens (tertiary/aromatic N) is 1. The minimum absolute atomic E-state index is 0.559. The van der Waals surface area contributed by atoms with Crippen molar-refractivity contribution in [2.24, 2.45) is 4.99 Å². The standard InChI is InChI=1S/C17H33N3/c1-2-3-14-18-17(19-15-10-6-4-7-11-15)20-16-12-8-5-9-13-16/h15-16H,2-14H2,1H3,(H2,18,19,20). The van der Waals surface area contributed by atoms with Crippen molar-refractivity contribution >= 4 is 5.96 Å². The van der Waals surface area contributed by atoms with Crippen molar-refractivity contribution in [3.05, 3.63) is 0 Å². The second-order valence-electron chi connectivity index (χ2n) is 6.53. The zero-order chi connectivity index (χ0) is 14.0. The summed E-state index contributed by atoms with van der Waals surface area (Å²) in [6.07, 6.45) is 16.0. The number of hydrogen-bond acceptors (Lipinski definition) is 1. The molecule has 0 atom stereocenters. The molecule has 0 radical (unpaired) electrons. The Bertz CT molecular complexity index is 276. The van der Waals surface area contributed by atoms with Gasteiger partial charge in [-0.3, -0.25) is 0 Å². The lowest BCUT2D eigenvalue weighted by atomic mass is 9.95. The third kappa shape index (κ3) is 5.72. The van der Waals surface area contributed by atoms with Gasteiger partial charge in [0.2, 0.25) is 0 Å². The van der Waals surface area contributed by atoms with Gasteiger partial charge in [-0.2, -0.15) is 0 Å². The molecule has 20 heavy (non-hydrogen) atoms. The molecule has 3 heteroatoms. The van der Waals surface area contributed by atoms with Gasteiger partial charge >= 0.3 is 0 Å². The molecule has 2 N–H and O–H groups in total. The largest absolute Gasteiger partial charge is 0.356 e. The van der Waals surface area contributed by atoms with Crippen molar-refractivity contribution in [1.29, 1.82) is 0 Å². The normalized spacial score (nSPS) is 22.8. The smallest absolute Gasteiger partial charge is 0.191 e.